The Bertz CT molecular complexity index is 3720. The average molecular weight is 1050 g/mol. The van der Waals surface area contributed by atoms with Gasteiger partial charge in [-0.05, 0) is 72.8 Å². The second-order valence-electron chi connectivity index (χ2n) is 13.4. The molecule has 0 atom stereocenters. The van der Waals surface area contributed by atoms with Gasteiger partial charge in [-0.15, -0.1) is 0 Å². The van der Waals surface area contributed by atoms with Crippen molar-refractivity contribution in [3.8, 4) is 0 Å². The van der Waals surface area contributed by atoms with Gasteiger partial charge in [-0.1, -0.05) is 24.3 Å². The molecule has 4 amide bonds. The van der Waals surface area contributed by atoms with Gasteiger partial charge in [0.05, 0.1) is 16.3 Å². The van der Waals surface area contributed by atoms with Gasteiger partial charge < -0.3 is 21.3 Å². The minimum Gasteiger partial charge on any atom is -0.321 e. The standard InChI is InChI=1S/C35H26N4O21S6.Na/c40-33(38-24-9-3-8-22-30(24)28(64(52,53)54)16-29(65(55,56)57)32(22)66(58,59)60)17-4-1-6-19(12-17)36-35(42)37-20-7-2-5-18(13-20)34(41)39-25-10-11-26(62(46,47)48)23-14-21(61(43,44)45)15-27(31(23)25)63(49,50)51;/h1-16H,(H,38,40)(H,39,41)(H2,36,37,42)(H,43,44,45)(H,46,47,48)(H,49,50,51)(H,52,53,54)(H,55,56,57)(H,58,59,60);/q;+1. The van der Waals surface area contributed by atoms with E-state index in [4.69, 9.17) is 0 Å². The van der Waals surface area contributed by atoms with Crippen molar-refractivity contribution < 1.29 is 122 Å². The van der Waals surface area contributed by atoms with Crippen LogP contribution in [0.15, 0.2) is 126 Å². The number of benzene rings is 6. The third kappa shape index (κ3) is 11.6. The molecule has 6 rings (SSSR count). The van der Waals surface area contributed by atoms with E-state index in [0.29, 0.717) is 12.1 Å². The smallest absolute Gasteiger partial charge is 0.321 e. The molecular weight excluding hydrogens is 1030 g/mol. The van der Waals surface area contributed by atoms with Crippen LogP contribution in [0.25, 0.3) is 21.5 Å². The molecule has 0 unspecified atom stereocenters. The van der Waals surface area contributed by atoms with Gasteiger partial charge in [0.15, 0.2) is 0 Å². The van der Waals surface area contributed by atoms with E-state index < -0.39 is 141 Å². The molecule has 0 aliphatic rings. The fraction of sp³-hybridized carbons (Fsp3) is 0. The summed E-state index contributed by atoms with van der Waals surface area (Å²) in [6.07, 6.45) is 0. The van der Waals surface area contributed by atoms with Gasteiger partial charge in [-0.2, -0.15) is 50.5 Å². The molecule has 25 nitrogen and oxygen atoms in total. The summed E-state index contributed by atoms with van der Waals surface area (Å²) < 4.78 is 205. The molecule has 6 aromatic rings. The Morgan fingerprint density at radius 3 is 1.27 bits per heavy atom. The van der Waals surface area contributed by atoms with Crippen LogP contribution in [0.3, 0.4) is 0 Å². The van der Waals surface area contributed by atoms with Crippen LogP contribution < -0.4 is 50.8 Å². The molecule has 0 aliphatic heterocycles. The van der Waals surface area contributed by atoms with Crippen LogP contribution in [0.2, 0.25) is 0 Å². The normalized spacial score (nSPS) is 12.5. The maximum absolute atomic E-state index is 13.4. The van der Waals surface area contributed by atoms with Crippen LogP contribution in [0, 0.1) is 0 Å². The quantitative estimate of drug-likeness (QED) is 0.0593. The predicted molar refractivity (Wildman–Crippen MR) is 228 cm³/mol. The number of carbonyl (C=O) groups excluding carboxylic acids is 3. The van der Waals surface area contributed by atoms with Gasteiger partial charge in [0.1, 0.15) is 24.5 Å². The molecule has 0 aromatic heterocycles. The van der Waals surface area contributed by atoms with E-state index in [1.165, 1.54) is 36.4 Å². The monoisotopic (exact) mass is 1050 g/mol. The third-order valence-corrected chi connectivity index (χ3v) is 14.4. The molecule has 0 bridgehead atoms. The van der Waals surface area contributed by atoms with Crippen molar-refractivity contribution in [3.05, 3.63) is 108 Å². The summed E-state index contributed by atoms with van der Waals surface area (Å²) in [5.41, 5.74) is -1.78. The summed E-state index contributed by atoms with van der Waals surface area (Å²) in [6, 6.07) is 13.8. The molecule has 0 spiro atoms. The van der Waals surface area contributed by atoms with Crippen LogP contribution in [0.5, 0.6) is 0 Å². The van der Waals surface area contributed by atoms with Gasteiger partial charge in [-0.25, -0.2) is 4.79 Å². The van der Waals surface area contributed by atoms with Crippen LogP contribution in [0.1, 0.15) is 20.7 Å². The number of rotatable bonds is 12. The van der Waals surface area contributed by atoms with Crippen molar-refractivity contribution in [3.63, 3.8) is 0 Å². The minimum absolute atomic E-state index is 0. The topological polar surface area (TPSA) is 426 Å². The molecule has 0 saturated carbocycles. The maximum Gasteiger partial charge on any atom is 1.00 e. The van der Waals surface area contributed by atoms with Crippen molar-refractivity contribution in [2.75, 3.05) is 21.3 Å². The minimum atomic E-state index is -5.57. The molecule has 0 fully saturated rings. The summed E-state index contributed by atoms with van der Waals surface area (Å²) in [7, 11) is -32.5. The number of nitrogens with one attached hydrogen (secondary N) is 4. The Morgan fingerprint density at radius 2 is 0.821 bits per heavy atom. The van der Waals surface area contributed by atoms with Crippen molar-refractivity contribution in [1.82, 2.24) is 0 Å². The summed E-state index contributed by atoms with van der Waals surface area (Å²) >= 11 is 0. The van der Waals surface area contributed by atoms with Crippen LogP contribution >= 0.6 is 0 Å². The van der Waals surface area contributed by atoms with E-state index in [-0.39, 0.29) is 64.2 Å². The molecule has 67 heavy (non-hydrogen) atoms. The molecule has 0 aliphatic carbocycles. The number of hydrogen-bond acceptors (Lipinski definition) is 15. The number of carbonyl (C=O) groups is 3. The van der Waals surface area contributed by atoms with E-state index in [0.717, 1.165) is 36.4 Å². The molecule has 6 aromatic carbocycles. The first kappa shape index (κ1) is 52.5. The zero-order valence-electron chi connectivity index (χ0n) is 33.0. The molecule has 348 valence electrons. The number of urea groups is 1. The third-order valence-electron chi connectivity index (χ3n) is 8.98. The van der Waals surface area contributed by atoms with E-state index in [1.54, 1.807) is 0 Å². The SMILES string of the molecule is O=C(Nc1cccc(C(=O)Nc2ccc(S(=O)(=O)O)c3cc(S(=O)(=O)O)cc(S(=O)(=O)O)c23)c1)Nc1cccc(C(=O)Nc2cccc3c(S(=O)(=O)O)c(S(=O)(=O)O)cc(S(=O)(=O)O)c23)c1.[Na+]. The first-order valence-electron chi connectivity index (χ1n) is 17.2. The van der Waals surface area contributed by atoms with Crippen molar-refractivity contribution in [2.24, 2.45) is 0 Å². The Kier molecular flexibility index (Phi) is 14.5. The number of hydrogen-bond donors (Lipinski definition) is 10. The van der Waals surface area contributed by atoms with Gasteiger partial charge >= 0.3 is 35.6 Å². The molecule has 10 N–H and O–H groups in total. The molecule has 0 heterocycles. The van der Waals surface area contributed by atoms with Gasteiger partial charge in [0, 0.05) is 44.0 Å². The fourth-order valence-electron chi connectivity index (χ4n) is 6.40. The van der Waals surface area contributed by atoms with E-state index in [2.05, 4.69) is 21.3 Å². The Morgan fingerprint density at radius 1 is 0.388 bits per heavy atom. The van der Waals surface area contributed by atoms with Crippen LogP contribution in [-0.4, -0.2) is 95.7 Å². The Hall–Kier alpha value is -5.49. The summed E-state index contributed by atoms with van der Waals surface area (Å²) in [5.74, 6) is -2.14. The number of fused-ring (bicyclic) bond motifs is 2. The Balaban J connectivity index is 0.00000840. The van der Waals surface area contributed by atoms with E-state index in [9.17, 15) is 92.2 Å². The second-order valence-corrected chi connectivity index (χ2v) is 21.7. The largest absolute Gasteiger partial charge is 1.00 e. The predicted octanol–water partition coefficient (Wildman–Crippen LogP) is 0.626. The first-order chi connectivity index (χ1) is 30.2. The van der Waals surface area contributed by atoms with Crippen LogP contribution in [-0.2, 0) is 60.7 Å². The van der Waals surface area contributed by atoms with Gasteiger partial charge in [-0.3, -0.25) is 36.9 Å². The van der Waals surface area contributed by atoms with Crippen molar-refractivity contribution >= 4 is 123 Å². The Labute approximate surface area is 400 Å². The van der Waals surface area contributed by atoms with Gasteiger partial charge in [0.2, 0.25) is 0 Å². The number of anilines is 4. The zero-order chi connectivity index (χ0) is 49.1. The summed E-state index contributed by atoms with van der Waals surface area (Å²) in [6.45, 7) is 0. The number of amides is 4. The average Bonchev–Trinajstić information content (AvgIpc) is 3.17. The van der Waals surface area contributed by atoms with Gasteiger partial charge in [0.25, 0.3) is 72.5 Å². The first-order valence-corrected chi connectivity index (χ1v) is 25.9. The van der Waals surface area contributed by atoms with Crippen LogP contribution in [0.4, 0.5) is 27.5 Å². The fourth-order valence-corrected chi connectivity index (χ4v) is 11.3. The molecular formula is C35H26N4NaO21S6+. The molecule has 0 saturated heterocycles. The molecule has 0 radical (unpaired) electrons. The van der Waals surface area contributed by atoms with E-state index in [1.807, 2.05) is 0 Å². The summed E-state index contributed by atoms with van der Waals surface area (Å²) in [4.78, 5) is 32.0. The van der Waals surface area contributed by atoms with Crippen molar-refractivity contribution in [2.45, 2.75) is 29.4 Å². The zero-order valence-corrected chi connectivity index (χ0v) is 39.9. The van der Waals surface area contributed by atoms with E-state index >= 15 is 0 Å². The summed E-state index contributed by atoms with van der Waals surface area (Å²) in [5, 5.41) is 5.95. The molecule has 32 heteroatoms. The van der Waals surface area contributed by atoms with Crippen molar-refractivity contribution in [1.29, 1.82) is 0 Å². The maximum atomic E-state index is 13.4. The second kappa shape index (κ2) is 18.5.